The van der Waals surface area contributed by atoms with Gasteiger partial charge in [-0.3, -0.25) is 14.8 Å². The summed E-state index contributed by atoms with van der Waals surface area (Å²) in [6.45, 7) is 6.02. The lowest BCUT2D eigenvalue weighted by molar-refractivity contribution is 0.122. The van der Waals surface area contributed by atoms with Gasteiger partial charge < -0.3 is 4.74 Å². The zero-order chi connectivity index (χ0) is 20.1. The number of aromatic nitrogens is 1. The fraction of sp³-hybridized carbons (Fsp3) is 0.292. The van der Waals surface area contributed by atoms with E-state index in [4.69, 9.17) is 4.74 Å². The Morgan fingerprint density at radius 1 is 0.862 bits per heavy atom. The summed E-state index contributed by atoms with van der Waals surface area (Å²) in [6.07, 6.45) is 3.66. The summed E-state index contributed by atoms with van der Waals surface area (Å²) in [7, 11) is 1.60. The van der Waals surface area contributed by atoms with E-state index < -0.39 is 0 Å². The molecule has 0 spiro atoms. The molecule has 0 atom stereocenters. The Morgan fingerprint density at radius 2 is 1.55 bits per heavy atom. The molecule has 1 aromatic heterocycles. The zero-order valence-corrected chi connectivity index (χ0v) is 16.7. The predicted molar refractivity (Wildman–Crippen MR) is 113 cm³/mol. The highest BCUT2D eigenvalue weighted by atomic mass is 19.1. The second-order valence-corrected chi connectivity index (χ2v) is 7.46. The van der Waals surface area contributed by atoms with Crippen molar-refractivity contribution in [2.45, 2.75) is 13.1 Å². The van der Waals surface area contributed by atoms with Gasteiger partial charge in [0.15, 0.2) is 0 Å². The molecule has 150 valence electrons. The summed E-state index contributed by atoms with van der Waals surface area (Å²) in [6, 6.07) is 17.3. The highest BCUT2D eigenvalue weighted by Gasteiger charge is 2.17. The zero-order valence-electron chi connectivity index (χ0n) is 16.7. The minimum absolute atomic E-state index is 0.277. The molecule has 4 rings (SSSR count). The normalized spacial score (nSPS) is 15.4. The summed E-state index contributed by atoms with van der Waals surface area (Å²) in [4.78, 5) is 9.33. The summed E-state index contributed by atoms with van der Waals surface area (Å²) in [5.41, 5.74) is 4.10. The average Bonchev–Trinajstić information content (AvgIpc) is 2.76. The van der Waals surface area contributed by atoms with E-state index in [2.05, 4.69) is 51.2 Å². The Kier molecular flexibility index (Phi) is 6.17. The fourth-order valence-corrected chi connectivity index (χ4v) is 3.83. The van der Waals surface area contributed by atoms with Gasteiger partial charge in [0.2, 0.25) is 0 Å². The van der Waals surface area contributed by atoms with Gasteiger partial charge in [0.1, 0.15) is 11.6 Å². The third-order valence-corrected chi connectivity index (χ3v) is 5.39. The van der Waals surface area contributed by atoms with Crippen molar-refractivity contribution in [3.63, 3.8) is 0 Å². The maximum absolute atomic E-state index is 13.7. The minimum Gasteiger partial charge on any atom is -0.496 e. The molecular formula is C24H26FN3O. The molecule has 2 aromatic carbocycles. The number of methoxy groups -OCH3 is 1. The Labute approximate surface area is 171 Å². The molecule has 0 unspecified atom stereocenters. The van der Waals surface area contributed by atoms with Crippen LogP contribution in [-0.2, 0) is 13.1 Å². The highest BCUT2D eigenvalue weighted by molar-refractivity contribution is 5.70. The third kappa shape index (κ3) is 5.00. The van der Waals surface area contributed by atoms with Crippen molar-refractivity contribution in [2.75, 3.05) is 33.3 Å². The number of halogens is 1. The molecule has 0 N–H and O–H groups in total. The fourth-order valence-electron chi connectivity index (χ4n) is 3.83. The number of benzene rings is 2. The molecule has 1 fully saturated rings. The van der Waals surface area contributed by atoms with Crippen LogP contribution >= 0.6 is 0 Å². The van der Waals surface area contributed by atoms with Crippen molar-refractivity contribution >= 4 is 0 Å². The Balaban J connectivity index is 1.39. The molecule has 1 aliphatic heterocycles. The molecule has 4 nitrogen and oxygen atoms in total. The number of ether oxygens (including phenoxy) is 1. The molecule has 1 saturated heterocycles. The molecule has 0 amide bonds. The molecule has 3 aromatic rings. The average molecular weight is 391 g/mol. The Hall–Kier alpha value is -2.76. The van der Waals surface area contributed by atoms with Crippen molar-refractivity contribution in [1.82, 2.24) is 14.8 Å². The number of hydrogen-bond donors (Lipinski definition) is 0. The van der Waals surface area contributed by atoms with Gasteiger partial charge in [-0.25, -0.2) is 4.39 Å². The van der Waals surface area contributed by atoms with Crippen LogP contribution in [0.5, 0.6) is 5.75 Å². The van der Waals surface area contributed by atoms with Crippen molar-refractivity contribution in [3.05, 3.63) is 83.9 Å². The summed E-state index contributed by atoms with van der Waals surface area (Å²) in [5.74, 6) is 0.376. The molecule has 0 aliphatic carbocycles. The third-order valence-electron chi connectivity index (χ3n) is 5.39. The van der Waals surface area contributed by atoms with E-state index in [0.29, 0.717) is 5.75 Å². The standard InChI is InChI=1S/C24H26FN3O/c1-29-24-8-7-22(25)14-23(24)21-13-20(15-26-16-21)18-28-11-9-27(10-12-28)17-19-5-3-2-4-6-19/h2-8,13-16H,9-12,17-18H2,1H3. The van der Waals surface area contributed by atoms with Crippen LogP contribution in [0.4, 0.5) is 4.39 Å². The first-order valence-electron chi connectivity index (χ1n) is 9.98. The lowest BCUT2D eigenvalue weighted by Gasteiger charge is -2.34. The van der Waals surface area contributed by atoms with Gasteiger partial charge in [-0.05, 0) is 35.4 Å². The molecule has 1 aliphatic rings. The summed E-state index contributed by atoms with van der Waals surface area (Å²) in [5, 5.41) is 0. The summed E-state index contributed by atoms with van der Waals surface area (Å²) >= 11 is 0. The Morgan fingerprint density at radius 3 is 2.24 bits per heavy atom. The number of hydrogen-bond acceptors (Lipinski definition) is 4. The molecular weight excluding hydrogens is 365 g/mol. The molecule has 0 bridgehead atoms. The first-order valence-corrected chi connectivity index (χ1v) is 9.98. The van der Waals surface area contributed by atoms with E-state index in [0.717, 1.165) is 56.0 Å². The van der Waals surface area contributed by atoms with Crippen LogP contribution in [-0.4, -0.2) is 48.1 Å². The van der Waals surface area contributed by atoms with Crippen molar-refractivity contribution in [2.24, 2.45) is 0 Å². The van der Waals surface area contributed by atoms with E-state index in [9.17, 15) is 4.39 Å². The number of piperazine rings is 1. The first kappa shape index (κ1) is 19.6. The van der Waals surface area contributed by atoms with Gasteiger partial charge in [-0.15, -0.1) is 0 Å². The molecule has 29 heavy (non-hydrogen) atoms. The van der Waals surface area contributed by atoms with Crippen LogP contribution in [0, 0.1) is 5.82 Å². The predicted octanol–water partition coefficient (Wildman–Crippen LogP) is 4.21. The van der Waals surface area contributed by atoms with E-state index >= 15 is 0 Å². The van der Waals surface area contributed by atoms with Crippen LogP contribution in [0.1, 0.15) is 11.1 Å². The number of rotatable bonds is 6. The summed E-state index contributed by atoms with van der Waals surface area (Å²) < 4.78 is 19.1. The second kappa shape index (κ2) is 9.16. The first-order chi connectivity index (χ1) is 14.2. The van der Waals surface area contributed by atoms with E-state index in [1.807, 2.05) is 6.20 Å². The lowest BCUT2D eigenvalue weighted by atomic mass is 10.0. The molecule has 2 heterocycles. The molecule has 0 saturated carbocycles. The van der Waals surface area contributed by atoms with Crippen LogP contribution < -0.4 is 4.74 Å². The van der Waals surface area contributed by atoms with Crippen LogP contribution in [0.2, 0.25) is 0 Å². The SMILES string of the molecule is COc1ccc(F)cc1-c1cncc(CN2CCN(Cc3ccccc3)CC2)c1. The quantitative estimate of drug-likeness (QED) is 0.629. The topological polar surface area (TPSA) is 28.6 Å². The monoisotopic (exact) mass is 391 g/mol. The lowest BCUT2D eigenvalue weighted by Crippen LogP contribution is -2.45. The maximum Gasteiger partial charge on any atom is 0.126 e. The largest absolute Gasteiger partial charge is 0.496 e. The van der Waals surface area contributed by atoms with Crippen molar-refractivity contribution in [3.8, 4) is 16.9 Å². The second-order valence-electron chi connectivity index (χ2n) is 7.46. The van der Waals surface area contributed by atoms with Gasteiger partial charge in [0.05, 0.1) is 7.11 Å². The maximum atomic E-state index is 13.7. The van der Waals surface area contributed by atoms with Crippen molar-refractivity contribution < 1.29 is 9.13 Å². The number of pyridine rings is 1. The molecule has 5 heteroatoms. The van der Waals surface area contributed by atoms with E-state index in [1.54, 1.807) is 19.4 Å². The minimum atomic E-state index is -0.277. The highest BCUT2D eigenvalue weighted by Crippen LogP contribution is 2.30. The smallest absolute Gasteiger partial charge is 0.126 e. The van der Waals surface area contributed by atoms with E-state index in [1.165, 1.54) is 17.7 Å². The van der Waals surface area contributed by atoms with Gasteiger partial charge >= 0.3 is 0 Å². The molecule has 0 radical (unpaired) electrons. The van der Waals surface area contributed by atoms with Gasteiger partial charge in [0, 0.05) is 62.8 Å². The Bertz CT molecular complexity index is 940. The van der Waals surface area contributed by atoms with Gasteiger partial charge in [-0.2, -0.15) is 0 Å². The van der Waals surface area contributed by atoms with E-state index in [-0.39, 0.29) is 5.82 Å². The van der Waals surface area contributed by atoms with Gasteiger partial charge in [-0.1, -0.05) is 30.3 Å². The van der Waals surface area contributed by atoms with Gasteiger partial charge in [0.25, 0.3) is 0 Å². The van der Waals surface area contributed by atoms with Crippen LogP contribution in [0.25, 0.3) is 11.1 Å². The van der Waals surface area contributed by atoms with Crippen LogP contribution in [0.3, 0.4) is 0 Å². The van der Waals surface area contributed by atoms with Crippen molar-refractivity contribution in [1.29, 1.82) is 0 Å². The van der Waals surface area contributed by atoms with Crippen LogP contribution in [0.15, 0.2) is 67.0 Å². The number of nitrogens with zero attached hydrogens (tertiary/aromatic N) is 3.